The number of halogens is 3. The van der Waals surface area contributed by atoms with Crippen molar-refractivity contribution in [3.63, 3.8) is 0 Å². The first-order valence-electron chi connectivity index (χ1n) is 6.82. The molecule has 0 saturated heterocycles. The van der Waals surface area contributed by atoms with Gasteiger partial charge in [-0.2, -0.15) is 0 Å². The van der Waals surface area contributed by atoms with Crippen LogP contribution < -0.4 is 5.43 Å². The minimum absolute atomic E-state index is 0.144. The minimum Gasteiger partial charge on any atom is -0.477 e. The topological polar surface area (TPSA) is 59.3 Å². The van der Waals surface area contributed by atoms with Crippen molar-refractivity contribution in [2.24, 2.45) is 7.05 Å². The third kappa shape index (κ3) is 2.45. The molecule has 7 heteroatoms. The number of fused-ring (bicyclic) bond motifs is 1. The van der Waals surface area contributed by atoms with Crippen molar-refractivity contribution in [2.45, 2.75) is 0 Å². The molecular formula is C17H10ClF2NO3. The summed E-state index contributed by atoms with van der Waals surface area (Å²) in [5.41, 5.74) is -1.34. The number of aryl methyl sites for hydroxylation is 1. The molecule has 0 spiro atoms. The van der Waals surface area contributed by atoms with Gasteiger partial charge in [-0.1, -0.05) is 11.6 Å². The van der Waals surface area contributed by atoms with Crippen LogP contribution in [0.5, 0.6) is 0 Å². The molecule has 4 nitrogen and oxygen atoms in total. The number of rotatable bonds is 2. The summed E-state index contributed by atoms with van der Waals surface area (Å²) in [5, 5.41) is 9.94. The molecule has 122 valence electrons. The van der Waals surface area contributed by atoms with E-state index < -0.39 is 28.6 Å². The van der Waals surface area contributed by atoms with Crippen molar-refractivity contribution in [3.05, 3.63) is 68.8 Å². The zero-order valence-corrected chi connectivity index (χ0v) is 13.1. The maximum atomic E-state index is 14.2. The number of carboxylic acids is 1. The average Bonchev–Trinajstić information content (AvgIpc) is 2.50. The molecule has 0 bridgehead atoms. The fourth-order valence-corrected chi connectivity index (χ4v) is 2.87. The van der Waals surface area contributed by atoms with Crippen molar-refractivity contribution in [2.75, 3.05) is 0 Å². The van der Waals surface area contributed by atoms with E-state index in [0.29, 0.717) is 16.6 Å². The Balaban J connectivity index is 2.54. The molecule has 3 rings (SSSR count). The number of pyridine rings is 1. The van der Waals surface area contributed by atoms with Crippen molar-refractivity contribution in [3.8, 4) is 11.3 Å². The van der Waals surface area contributed by atoms with Gasteiger partial charge in [0.15, 0.2) is 0 Å². The Labute approximate surface area is 139 Å². The fourth-order valence-electron chi connectivity index (χ4n) is 2.70. The monoisotopic (exact) mass is 349 g/mol. The van der Waals surface area contributed by atoms with E-state index in [4.69, 9.17) is 11.6 Å². The number of aromatic nitrogens is 1. The Hall–Kier alpha value is -2.73. The summed E-state index contributed by atoms with van der Waals surface area (Å²) in [6, 6.07) is 7.09. The molecule has 1 heterocycles. The number of aromatic carboxylic acids is 1. The molecule has 0 amide bonds. The molecule has 0 atom stereocenters. The van der Waals surface area contributed by atoms with Crippen molar-refractivity contribution in [1.82, 2.24) is 4.57 Å². The van der Waals surface area contributed by atoms with Gasteiger partial charge in [0.05, 0.1) is 11.2 Å². The summed E-state index contributed by atoms with van der Waals surface area (Å²) in [4.78, 5) is 24.2. The summed E-state index contributed by atoms with van der Waals surface area (Å²) in [5.74, 6) is -3.26. The highest BCUT2D eigenvalue weighted by molar-refractivity contribution is 6.31. The number of hydrogen-bond acceptors (Lipinski definition) is 2. The van der Waals surface area contributed by atoms with Crippen LogP contribution in [0.2, 0.25) is 5.02 Å². The molecular weight excluding hydrogens is 340 g/mol. The predicted octanol–water partition coefficient (Wildman–Crippen LogP) is 3.84. The molecule has 0 unspecified atom stereocenters. The molecule has 2 aromatic carbocycles. The Bertz CT molecular complexity index is 1060. The Morgan fingerprint density at radius 1 is 1.17 bits per heavy atom. The lowest BCUT2D eigenvalue weighted by Crippen LogP contribution is -2.21. The quantitative estimate of drug-likeness (QED) is 0.764. The largest absolute Gasteiger partial charge is 0.477 e. The van der Waals surface area contributed by atoms with Crippen LogP contribution in [-0.2, 0) is 7.05 Å². The normalized spacial score (nSPS) is 11.0. The predicted molar refractivity (Wildman–Crippen MR) is 86.5 cm³/mol. The summed E-state index contributed by atoms with van der Waals surface area (Å²) < 4.78 is 28.7. The standard InChI is InChI=1S/C17H10ClF2NO3/c1-21-13-6-8(18)2-4-11(13)16(22)14(17(23)24)15(21)10-5-3-9(19)7-12(10)20/h2-7H,1H3,(H,23,24). The van der Waals surface area contributed by atoms with Gasteiger partial charge in [-0.05, 0) is 30.3 Å². The third-order valence-electron chi connectivity index (χ3n) is 3.77. The maximum Gasteiger partial charge on any atom is 0.341 e. The lowest BCUT2D eigenvalue weighted by molar-refractivity contribution is 0.0696. The highest BCUT2D eigenvalue weighted by atomic mass is 35.5. The summed E-state index contributed by atoms with van der Waals surface area (Å²) in [6.07, 6.45) is 0. The van der Waals surface area contributed by atoms with Gasteiger partial charge in [-0.3, -0.25) is 4.79 Å². The van der Waals surface area contributed by atoms with E-state index in [9.17, 15) is 23.5 Å². The van der Waals surface area contributed by atoms with Crippen LogP contribution in [0.15, 0.2) is 41.2 Å². The first kappa shape index (κ1) is 16.1. The number of carbonyl (C=O) groups is 1. The second-order valence-electron chi connectivity index (χ2n) is 5.20. The van der Waals surface area contributed by atoms with Gasteiger partial charge in [0.25, 0.3) is 0 Å². The van der Waals surface area contributed by atoms with Gasteiger partial charge in [-0.15, -0.1) is 0 Å². The van der Waals surface area contributed by atoms with Crippen LogP contribution >= 0.6 is 11.6 Å². The van der Waals surface area contributed by atoms with Gasteiger partial charge >= 0.3 is 5.97 Å². The van der Waals surface area contributed by atoms with E-state index in [1.807, 2.05) is 0 Å². The Morgan fingerprint density at radius 3 is 2.50 bits per heavy atom. The van der Waals surface area contributed by atoms with E-state index in [2.05, 4.69) is 0 Å². The SMILES string of the molecule is Cn1c(-c2ccc(F)cc2F)c(C(=O)O)c(=O)c2ccc(Cl)cc21. The molecule has 0 aliphatic rings. The summed E-state index contributed by atoms with van der Waals surface area (Å²) in [7, 11) is 1.49. The lowest BCUT2D eigenvalue weighted by Gasteiger charge is -2.16. The zero-order chi connectivity index (χ0) is 17.6. The van der Waals surface area contributed by atoms with E-state index in [-0.39, 0.29) is 16.6 Å². The summed E-state index contributed by atoms with van der Waals surface area (Å²) >= 11 is 5.94. The van der Waals surface area contributed by atoms with Crippen LogP contribution in [0.1, 0.15) is 10.4 Å². The molecule has 0 fully saturated rings. The molecule has 0 saturated carbocycles. The van der Waals surface area contributed by atoms with Gasteiger partial charge in [0.2, 0.25) is 5.43 Å². The van der Waals surface area contributed by atoms with Crippen molar-refractivity contribution >= 4 is 28.5 Å². The molecule has 3 aromatic rings. The van der Waals surface area contributed by atoms with E-state index in [1.165, 1.54) is 29.8 Å². The third-order valence-corrected chi connectivity index (χ3v) is 4.00. The van der Waals surface area contributed by atoms with Crippen LogP contribution in [0, 0.1) is 11.6 Å². The molecule has 1 N–H and O–H groups in total. The zero-order valence-electron chi connectivity index (χ0n) is 12.3. The summed E-state index contributed by atoms with van der Waals surface area (Å²) in [6.45, 7) is 0. The van der Waals surface area contributed by atoms with Crippen LogP contribution in [0.25, 0.3) is 22.2 Å². The number of nitrogens with zero attached hydrogens (tertiary/aromatic N) is 1. The highest BCUT2D eigenvalue weighted by Crippen LogP contribution is 2.29. The Morgan fingerprint density at radius 2 is 1.88 bits per heavy atom. The van der Waals surface area contributed by atoms with Crippen molar-refractivity contribution in [1.29, 1.82) is 0 Å². The minimum atomic E-state index is -1.49. The second kappa shape index (κ2) is 5.72. The smallest absolute Gasteiger partial charge is 0.341 e. The van der Waals surface area contributed by atoms with Gasteiger partial charge in [-0.25, -0.2) is 13.6 Å². The molecule has 1 aromatic heterocycles. The lowest BCUT2D eigenvalue weighted by atomic mass is 10.0. The molecule has 0 aliphatic carbocycles. The van der Waals surface area contributed by atoms with E-state index in [0.717, 1.165) is 12.1 Å². The number of hydrogen-bond donors (Lipinski definition) is 1. The van der Waals surface area contributed by atoms with Crippen LogP contribution in [0.4, 0.5) is 8.78 Å². The molecule has 0 radical (unpaired) electrons. The van der Waals surface area contributed by atoms with Crippen LogP contribution in [0.3, 0.4) is 0 Å². The second-order valence-corrected chi connectivity index (χ2v) is 5.64. The van der Waals surface area contributed by atoms with Crippen molar-refractivity contribution < 1.29 is 18.7 Å². The maximum absolute atomic E-state index is 14.2. The van der Waals surface area contributed by atoms with E-state index in [1.54, 1.807) is 0 Å². The highest BCUT2D eigenvalue weighted by Gasteiger charge is 2.24. The Kier molecular flexibility index (Phi) is 3.85. The first-order chi connectivity index (χ1) is 11.3. The van der Waals surface area contributed by atoms with Gasteiger partial charge in [0, 0.05) is 29.1 Å². The fraction of sp³-hybridized carbons (Fsp3) is 0.0588. The van der Waals surface area contributed by atoms with Gasteiger partial charge in [0.1, 0.15) is 17.2 Å². The number of carboxylic acid groups (broad SMARTS) is 1. The van der Waals surface area contributed by atoms with E-state index >= 15 is 0 Å². The molecule has 0 aliphatic heterocycles. The average molecular weight is 350 g/mol. The number of benzene rings is 2. The molecule has 24 heavy (non-hydrogen) atoms. The van der Waals surface area contributed by atoms with Gasteiger partial charge < -0.3 is 9.67 Å². The van der Waals surface area contributed by atoms with Crippen LogP contribution in [-0.4, -0.2) is 15.6 Å². The first-order valence-corrected chi connectivity index (χ1v) is 7.20.